The highest BCUT2D eigenvalue weighted by molar-refractivity contribution is 9.10. The fourth-order valence-corrected chi connectivity index (χ4v) is 2.65. The molecule has 0 saturated heterocycles. The molecule has 0 fully saturated rings. The lowest BCUT2D eigenvalue weighted by atomic mass is 10.3. The van der Waals surface area contributed by atoms with Crippen LogP contribution in [0.25, 0.3) is 0 Å². The summed E-state index contributed by atoms with van der Waals surface area (Å²) in [5.41, 5.74) is 6.98. The van der Waals surface area contributed by atoms with Gasteiger partial charge in [0.05, 0.1) is 6.61 Å². The van der Waals surface area contributed by atoms with Gasteiger partial charge in [-0.2, -0.15) is 0 Å². The minimum absolute atomic E-state index is 0.123. The van der Waals surface area contributed by atoms with Crippen LogP contribution >= 0.6 is 27.7 Å². The van der Waals surface area contributed by atoms with E-state index in [4.69, 9.17) is 10.5 Å². The quantitative estimate of drug-likeness (QED) is 0.492. The smallest absolute Gasteiger partial charge is 0.343 e. The number of ether oxygens (including phenoxy) is 1. The maximum Gasteiger partial charge on any atom is 0.343 e. The van der Waals surface area contributed by atoms with Crippen molar-refractivity contribution < 1.29 is 9.53 Å². The minimum atomic E-state index is -0.511. The Hall–Kier alpha value is -1.67. The molecule has 0 amide bonds. The van der Waals surface area contributed by atoms with Crippen molar-refractivity contribution in [1.29, 1.82) is 0 Å². The molecule has 0 saturated carbocycles. The van der Waals surface area contributed by atoms with Crippen LogP contribution in [0.4, 0.5) is 5.82 Å². The third-order valence-corrected chi connectivity index (χ3v) is 3.79. The van der Waals surface area contributed by atoms with Crippen molar-refractivity contribution in [2.45, 2.75) is 17.8 Å². The lowest BCUT2D eigenvalue weighted by Crippen LogP contribution is -2.10. The maximum atomic E-state index is 11.6. The Labute approximate surface area is 134 Å². The second kappa shape index (κ2) is 7.37. The van der Waals surface area contributed by atoms with E-state index in [1.807, 2.05) is 6.07 Å². The van der Waals surface area contributed by atoms with Gasteiger partial charge in [-0.3, -0.25) is 4.98 Å². The van der Waals surface area contributed by atoms with E-state index in [9.17, 15) is 4.79 Å². The first kappa shape index (κ1) is 15.7. The highest BCUT2D eigenvalue weighted by Crippen LogP contribution is 2.22. The van der Waals surface area contributed by atoms with E-state index < -0.39 is 5.97 Å². The molecule has 0 aliphatic heterocycles. The van der Waals surface area contributed by atoms with E-state index >= 15 is 0 Å². The molecule has 21 heavy (non-hydrogen) atoms. The maximum absolute atomic E-state index is 11.6. The predicted octanol–water partition coefficient (Wildman–Crippen LogP) is 2.69. The van der Waals surface area contributed by atoms with Gasteiger partial charge in [-0.1, -0.05) is 11.8 Å². The van der Waals surface area contributed by atoms with Crippen molar-refractivity contribution in [2.75, 3.05) is 12.3 Å². The van der Waals surface area contributed by atoms with E-state index in [0.717, 1.165) is 10.0 Å². The summed E-state index contributed by atoms with van der Waals surface area (Å²) < 4.78 is 5.79. The number of halogens is 1. The van der Waals surface area contributed by atoms with Crippen molar-refractivity contribution in [1.82, 2.24) is 15.0 Å². The summed E-state index contributed by atoms with van der Waals surface area (Å²) in [6.07, 6.45) is 4.88. The SMILES string of the molecule is CCOC(=O)c1cnc(SCc2cncc(Br)c2)nc1N. The van der Waals surface area contributed by atoms with Crippen LogP contribution in [0, 0.1) is 0 Å². The van der Waals surface area contributed by atoms with Crippen molar-refractivity contribution in [3.05, 3.63) is 40.3 Å². The topological polar surface area (TPSA) is 91.0 Å². The summed E-state index contributed by atoms with van der Waals surface area (Å²) in [6.45, 7) is 2.01. The van der Waals surface area contributed by atoms with Gasteiger partial charge in [0, 0.05) is 28.8 Å². The van der Waals surface area contributed by atoms with Gasteiger partial charge in [0.15, 0.2) is 5.16 Å². The Morgan fingerprint density at radius 1 is 1.43 bits per heavy atom. The van der Waals surface area contributed by atoms with Crippen LogP contribution in [0.2, 0.25) is 0 Å². The lowest BCUT2D eigenvalue weighted by molar-refractivity contribution is 0.0526. The highest BCUT2D eigenvalue weighted by Gasteiger charge is 2.13. The standard InChI is InChI=1S/C13H13BrN4O2S/c1-2-20-12(19)10-6-17-13(18-11(10)15)21-7-8-3-9(14)5-16-4-8/h3-6H,2,7H2,1H3,(H2,15,17,18). The predicted molar refractivity (Wildman–Crippen MR) is 83.9 cm³/mol. The van der Waals surface area contributed by atoms with E-state index in [0.29, 0.717) is 10.9 Å². The summed E-state index contributed by atoms with van der Waals surface area (Å²) in [5, 5.41) is 0.500. The third kappa shape index (κ3) is 4.40. The number of hydrogen-bond acceptors (Lipinski definition) is 7. The summed E-state index contributed by atoms with van der Waals surface area (Å²) in [4.78, 5) is 23.9. The van der Waals surface area contributed by atoms with Crippen molar-refractivity contribution >= 4 is 39.5 Å². The monoisotopic (exact) mass is 368 g/mol. The van der Waals surface area contributed by atoms with E-state index in [-0.39, 0.29) is 18.0 Å². The Morgan fingerprint density at radius 2 is 2.24 bits per heavy atom. The number of esters is 1. The largest absolute Gasteiger partial charge is 0.462 e. The normalized spacial score (nSPS) is 10.4. The molecule has 0 aliphatic carbocycles. The molecule has 0 aliphatic rings. The Balaban J connectivity index is 2.05. The molecule has 0 aromatic carbocycles. The molecule has 110 valence electrons. The zero-order valence-corrected chi connectivity index (χ0v) is 13.6. The number of hydrogen-bond donors (Lipinski definition) is 1. The molecule has 0 spiro atoms. The fourth-order valence-electron chi connectivity index (χ4n) is 1.50. The minimum Gasteiger partial charge on any atom is -0.462 e. The van der Waals surface area contributed by atoms with Crippen LogP contribution in [0.3, 0.4) is 0 Å². The van der Waals surface area contributed by atoms with Crippen LogP contribution in [-0.2, 0) is 10.5 Å². The van der Waals surface area contributed by atoms with Gasteiger partial charge < -0.3 is 10.5 Å². The Morgan fingerprint density at radius 3 is 2.90 bits per heavy atom. The summed E-state index contributed by atoms with van der Waals surface area (Å²) in [5.74, 6) is 0.269. The molecule has 0 radical (unpaired) electrons. The second-order valence-corrected chi connectivity index (χ2v) is 5.83. The average Bonchev–Trinajstić information content (AvgIpc) is 2.45. The molecule has 2 heterocycles. The number of anilines is 1. The average molecular weight is 369 g/mol. The third-order valence-electron chi connectivity index (χ3n) is 2.42. The number of pyridine rings is 1. The number of thioether (sulfide) groups is 1. The van der Waals surface area contributed by atoms with Gasteiger partial charge in [-0.05, 0) is 34.5 Å². The van der Waals surface area contributed by atoms with Crippen LogP contribution in [0.1, 0.15) is 22.8 Å². The highest BCUT2D eigenvalue weighted by atomic mass is 79.9. The first-order chi connectivity index (χ1) is 10.1. The molecular weight excluding hydrogens is 356 g/mol. The number of nitrogen functional groups attached to an aromatic ring is 1. The molecule has 0 unspecified atom stereocenters. The van der Waals surface area contributed by atoms with Crippen LogP contribution in [0.5, 0.6) is 0 Å². The second-order valence-electron chi connectivity index (χ2n) is 3.97. The Bertz CT molecular complexity index is 654. The molecule has 8 heteroatoms. The number of carbonyl (C=O) groups is 1. The van der Waals surface area contributed by atoms with Crippen LogP contribution in [0.15, 0.2) is 34.3 Å². The van der Waals surface area contributed by atoms with Gasteiger partial charge in [-0.15, -0.1) is 0 Å². The van der Waals surface area contributed by atoms with Gasteiger partial charge in [0.2, 0.25) is 0 Å². The van der Waals surface area contributed by atoms with Gasteiger partial charge in [0.25, 0.3) is 0 Å². The zero-order chi connectivity index (χ0) is 15.2. The van der Waals surface area contributed by atoms with E-state index in [2.05, 4.69) is 30.9 Å². The van der Waals surface area contributed by atoms with Crippen LogP contribution < -0.4 is 5.73 Å². The molecule has 6 nitrogen and oxygen atoms in total. The molecule has 2 aromatic heterocycles. The van der Waals surface area contributed by atoms with E-state index in [1.165, 1.54) is 18.0 Å². The number of carbonyl (C=O) groups excluding carboxylic acids is 1. The number of rotatable bonds is 5. The number of nitrogens with zero attached hydrogens (tertiary/aromatic N) is 3. The number of nitrogens with two attached hydrogens (primary N) is 1. The van der Waals surface area contributed by atoms with Gasteiger partial charge >= 0.3 is 5.97 Å². The molecule has 0 atom stereocenters. The molecule has 2 aromatic rings. The van der Waals surface area contributed by atoms with Crippen LogP contribution in [-0.4, -0.2) is 27.5 Å². The van der Waals surface area contributed by atoms with Gasteiger partial charge in [-0.25, -0.2) is 14.8 Å². The van der Waals surface area contributed by atoms with Gasteiger partial charge in [0.1, 0.15) is 11.4 Å². The first-order valence-corrected chi connectivity index (χ1v) is 7.90. The zero-order valence-electron chi connectivity index (χ0n) is 11.2. The van der Waals surface area contributed by atoms with Crippen molar-refractivity contribution in [3.63, 3.8) is 0 Å². The molecule has 2 N–H and O–H groups in total. The summed E-state index contributed by atoms with van der Waals surface area (Å²) >= 11 is 4.78. The summed E-state index contributed by atoms with van der Waals surface area (Å²) in [7, 11) is 0. The first-order valence-electron chi connectivity index (χ1n) is 6.12. The number of aromatic nitrogens is 3. The summed E-state index contributed by atoms with van der Waals surface area (Å²) in [6, 6.07) is 1.97. The lowest BCUT2D eigenvalue weighted by Gasteiger charge is -2.06. The van der Waals surface area contributed by atoms with Crippen molar-refractivity contribution in [3.8, 4) is 0 Å². The van der Waals surface area contributed by atoms with E-state index in [1.54, 1.807) is 19.3 Å². The van der Waals surface area contributed by atoms with Crippen molar-refractivity contribution in [2.24, 2.45) is 0 Å². The fraction of sp³-hybridized carbons (Fsp3) is 0.231. The molecule has 2 rings (SSSR count). The molecule has 0 bridgehead atoms. The molecular formula is C13H13BrN4O2S. The Kier molecular flexibility index (Phi) is 5.51.